The Morgan fingerprint density at radius 2 is 2.33 bits per heavy atom. The maximum absolute atomic E-state index is 12.1. The molecule has 0 saturated carbocycles. The van der Waals surface area contributed by atoms with E-state index in [9.17, 15) is 4.79 Å². The number of benzene rings is 1. The molecule has 15 heavy (non-hydrogen) atoms. The molecule has 0 N–H and O–H groups in total. The normalized spacial score (nSPS) is 23.4. The van der Waals surface area contributed by atoms with E-state index < -0.39 is 0 Å². The Morgan fingerprint density at radius 3 is 3.20 bits per heavy atom. The van der Waals surface area contributed by atoms with Crippen molar-refractivity contribution in [2.75, 3.05) is 6.54 Å². The fourth-order valence-corrected chi connectivity index (χ4v) is 2.31. The van der Waals surface area contributed by atoms with Crippen LogP contribution >= 0.6 is 0 Å². The van der Waals surface area contributed by atoms with Crippen molar-refractivity contribution in [3.8, 4) is 5.75 Å². The van der Waals surface area contributed by atoms with E-state index in [1.165, 1.54) is 0 Å². The molecule has 1 atom stereocenters. The zero-order valence-electron chi connectivity index (χ0n) is 8.69. The van der Waals surface area contributed by atoms with Gasteiger partial charge in [0.05, 0.1) is 5.56 Å². The summed E-state index contributed by atoms with van der Waals surface area (Å²) in [5.41, 5.74) is 1.82. The van der Waals surface area contributed by atoms with Gasteiger partial charge in [-0.25, -0.2) is 0 Å². The Kier molecular flexibility index (Phi) is 1.75. The number of ether oxygens (including phenoxy) is 1. The topological polar surface area (TPSA) is 29.5 Å². The lowest BCUT2D eigenvalue weighted by Gasteiger charge is -2.31. The van der Waals surface area contributed by atoms with E-state index in [-0.39, 0.29) is 12.1 Å². The molecule has 1 aromatic carbocycles. The van der Waals surface area contributed by atoms with Crippen LogP contribution in [0.4, 0.5) is 0 Å². The van der Waals surface area contributed by atoms with Crippen molar-refractivity contribution in [1.82, 2.24) is 4.90 Å². The number of rotatable bonds is 0. The number of carbonyl (C=O) groups excluding carboxylic acids is 1. The number of nitrogens with zero attached hydrogens (tertiary/aromatic N) is 1. The average molecular weight is 203 g/mol. The standard InChI is InChI=1S/C12H13NO2/c1-8-4-5-10-9(7-8)12(14)13-6-2-3-11(13)15-10/h4-5,7,11H,2-3,6H2,1H3. The van der Waals surface area contributed by atoms with Crippen LogP contribution in [0.3, 0.4) is 0 Å². The molecule has 2 heterocycles. The third kappa shape index (κ3) is 1.23. The molecular weight excluding hydrogens is 190 g/mol. The lowest BCUT2D eigenvalue weighted by Crippen LogP contribution is -2.42. The molecule has 0 bridgehead atoms. The molecule has 0 spiro atoms. The van der Waals surface area contributed by atoms with Crippen molar-refractivity contribution in [3.05, 3.63) is 29.3 Å². The van der Waals surface area contributed by atoms with E-state index in [2.05, 4.69) is 0 Å². The van der Waals surface area contributed by atoms with Gasteiger partial charge in [-0.2, -0.15) is 0 Å². The first-order chi connectivity index (χ1) is 7.25. The predicted octanol–water partition coefficient (Wildman–Crippen LogP) is 1.95. The zero-order valence-corrected chi connectivity index (χ0v) is 8.69. The summed E-state index contributed by atoms with van der Waals surface area (Å²) in [5.74, 6) is 0.871. The predicted molar refractivity (Wildman–Crippen MR) is 55.9 cm³/mol. The Labute approximate surface area is 88.6 Å². The zero-order chi connectivity index (χ0) is 10.4. The fraction of sp³-hybridized carbons (Fsp3) is 0.417. The van der Waals surface area contributed by atoms with Crippen LogP contribution in [-0.2, 0) is 0 Å². The summed E-state index contributed by atoms with van der Waals surface area (Å²) < 4.78 is 5.79. The lowest BCUT2D eigenvalue weighted by atomic mass is 10.1. The summed E-state index contributed by atoms with van der Waals surface area (Å²) in [6, 6.07) is 5.79. The van der Waals surface area contributed by atoms with Crippen molar-refractivity contribution < 1.29 is 9.53 Å². The minimum atomic E-state index is -0.0206. The molecule has 1 amide bonds. The molecule has 0 aliphatic carbocycles. The van der Waals surface area contributed by atoms with Gasteiger partial charge in [0.2, 0.25) is 0 Å². The third-order valence-corrected chi connectivity index (χ3v) is 3.09. The molecule has 2 aliphatic heterocycles. The van der Waals surface area contributed by atoms with Crippen molar-refractivity contribution in [2.45, 2.75) is 26.0 Å². The molecule has 78 valence electrons. The van der Waals surface area contributed by atoms with Gasteiger partial charge in [0.15, 0.2) is 6.23 Å². The van der Waals surface area contributed by atoms with Crippen LogP contribution in [0.1, 0.15) is 28.8 Å². The highest BCUT2D eigenvalue weighted by atomic mass is 16.5. The minimum Gasteiger partial charge on any atom is -0.470 e. The van der Waals surface area contributed by atoms with Gasteiger partial charge in [-0.15, -0.1) is 0 Å². The average Bonchev–Trinajstić information content (AvgIpc) is 2.68. The summed E-state index contributed by atoms with van der Waals surface area (Å²) in [7, 11) is 0. The number of carbonyl (C=O) groups is 1. The van der Waals surface area contributed by atoms with E-state index in [0.717, 1.165) is 30.7 Å². The van der Waals surface area contributed by atoms with Gasteiger partial charge >= 0.3 is 0 Å². The fourth-order valence-electron chi connectivity index (χ4n) is 2.31. The van der Waals surface area contributed by atoms with Gasteiger partial charge in [0, 0.05) is 13.0 Å². The Morgan fingerprint density at radius 1 is 1.47 bits per heavy atom. The first-order valence-electron chi connectivity index (χ1n) is 5.34. The van der Waals surface area contributed by atoms with E-state index in [4.69, 9.17) is 4.74 Å². The molecule has 0 aromatic heterocycles. The molecular formula is C12H13NO2. The molecule has 3 rings (SSSR count). The molecule has 1 aromatic rings. The van der Waals surface area contributed by atoms with Crippen LogP contribution in [0, 0.1) is 6.92 Å². The smallest absolute Gasteiger partial charge is 0.260 e. The Hall–Kier alpha value is -1.51. The summed E-state index contributed by atoms with van der Waals surface area (Å²) >= 11 is 0. The lowest BCUT2D eigenvalue weighted by molar-refractivity contribution is 0.0294. The van der Waals surface area contributed by atoms with Crippen LogP contribution in [0.25, 0.3) is 0 Å². The SMILES string of the molecule is Cc1ccc2c(c1)C(=O)N1CCCC1O2. The van der Waals surface area contributed by atoms with E-state index >= 15 is 0 Å². The summed E-state index contributed by atoms with van der Waals surface area (Å²) in [5, 5.41) is 0. The van der Waals surface area contributed by atoms with Gasteiger partial charge in [0.1, 0.15) is 5.75 Å². The molecule has 0 radical (unpaired) electrons. The highest BCUT2D eigenvalue weighted by Gasteiger charge is 2.36. The van der Waals surface area contributed by atoms with Crippen molar-refractivity contribution in [3.63, 3.8) is 0 Å². The number of hydrogen-bond acceptors (Lipinski definition) is 2. The molecule has 2 aliphatic rings. The second-order valence-electron chi connectivity index (χ2n) is 4.21. The van der Waals surface area contributed by atoms with Crippen LogP contribution < -0.4 is 4.74 Å². The van der Waals surface area contributed by atoms with E-state index in [0.29, 0.717) is 5.56 Å². The van der Waals surface area contributed by atoms with Gasteiger partial charge in [0.25, 0.3) is 5.91 Å². The van der Waals surface area contributed by atoms with Crippen molar-refractivity contribution in [1.29, 1.82) is 0 Å². The monoisotopic (exact) mass is 203 g/mol. The second-order valence-corrected chi connectivity index (χ2v) is 4.21. The summed E-state index contributed by atoms with van der Waals surface area (Å²) in [6.45, 7) is 2.82. The third-order valence-electron chi connectivity index (χ3n) is 3.09. The number of amides is 1. The maximum atomic E-state index is 12.1. The van der Waals surface area contributed by atoms with E-state index in [1.807, 2.05) is 30.0 Å². The number of fused-ring (bicyclic) bond motifs is 2. The maximum Gasteiger partial charge on any atom is 0.260 e. The van der Waals surface area contributed by atoms with Crippen LogP contribution in [0.5, 0.6) is 5.75 Å². The highest BCUT2D eigenvalue weighted by molar-refractivity contribution is 5.98. The molecule has 1 fully saturated rings. The number of aryl methyl sites for hydroxylation is 1. The van der Waals surface area contributed by atoms with Gasteiger partial charge in [-0.3, -0.25) is 4.79 Å². The van der Waals surface area contributed by atoms with Gasteiger partial charge in [-0.1, -0.05) is 11.6 Å². The molecule has 1 saturated heterocycles. The van der Waals surface area contributed by atoms with Crippen LogP contribution in [-0.4, -0.2) is 23.6 Å². The first-order valence-corrected chi connectivity index (χ1v) is 5.34. The summed E-state index contributed by atoms with van der Waals surface area (Å²) in [6.07, 6.45) is 1.98. The molecule has 1 unspecified atom stereocenters. The molecule has 3 heteroatoms. The number of hydrogen-bond donors (Lipinski definition) is 0. The van der Waals surface area contributed by atoms with Crippen LogP contribution in [0.15, 0.2) is 18.2 Å². The largest absolute Gasteiger partial charge is 0.470 e. The Balaban J connectivity index is 2.09. The Bertz CT molecular complexity index is 428. The van der Waals surface area contributed by atoms with E-state index in [1.54, 1.807) is 0 Å². The van der Waals surface area contributed by atoms with Gasteiger partial charge in [-0.05, 0) is 25.5 Å². The van der Waals surface area contributed by atoms with Gasteiger partial charge < -0.3 is 9.64 Å². The highest BCUT2D eigenvalue weighted by Crippen LogP contribution is 2.33. The second kappa shape index (κ2) is 2.99. The molecule has 3 nitrogen and oxygen atoms in total. The first kappa shape index (κ1) is 8.77. The quantitative estimate of drug-likeness (QED) is 0.645. The summed E-state index contributed by atoms with van der Waals surface area (Å²) in [4.78, 5) is 13.9. The van der Waals surface area contributed by atoms with Crippen molar-refractivity contribution in [2.24, 2.45) is 0 Å². The van der Waals surface area contributed by atoms with Crippen molar-refractivity contribution >= 4 is 5.91 Å². The minimum absolute atomic E-state index is 0.0206. The van der Waals surface area contributed by atoms with Crippen LogP contribution in [0.2, 0.25) is 0 Å².